The van der Waals surface area contributed by atoms with Gasteiger partial charge in [-0.3, -0.25) is 4.79 Å². The van der Waals surface area contributed by atoms with Crippen molar-refractivity contribution in [3.8, 4) is 6.07 Å². The summed E-state index contributed by atoms with van der Waals surface area (Å²) in [4.78, 5) is 14.0. The molecule has 1 aromatic carbocycles. The summed E-state index contributed by atoms with van der Waals surface area (Å²) < 4.78 is 0.943. The molecule has 0 aliphatic heterocycles. The minimum atomic E-state index is -0.139. The molecule has 0 saturated heterocycles. The van der Waals surface area contributed by atoms with Gasteiger partial charge in [0.1, 0.15) is 0 Å². The Hall–Kier alpha value is -1.09. The third-order valence-corrected chi connectivity index (χ3v) is 3.43. The van der Waals surface area contributed by atoms with Gasteiger partial charge in [-0.25, -0.2) is 0 Å². The lowest BCUT2D eigenvalue weighted by atomic mass is 10.1. The van der Waals surface area contributed by atoms with Gasteiger partial charge in [0, 0.05) is 16.7 Å². The molecule has 0 aromatic heterocycles. The van der Waals surface area contributed by atoms with Crippen LogP contribution in [0.1, 0.15) is 24.2 Å². The fraction of sp³-hybridized carbons (Fsp3) is 0.385. The molecule has 1 amide bonds. The van der Waals surface area contributed by atoms with Crippen molar-refractivity contribution in [2.75, 3.05) is 13.1 Å². The van der Waals surface area contributed by atoms with E-state index in [4.69, 9.17) is 5.26 Å². The number of carbonyl (C=O) groups excluding carboxylic acids is 1. The number of halogens is 1. The quantitative estimate of drug-likeness (QED) is 0.790. The Morgan fingerprint density at radius 2 is 2.18 bits per heavy atom. The predicted octanol–water partition coefficient (Wildman–Crippen LogP) is 2.91. The SMILES string of the molecule is CCN(CC(C)C#N)C(=O)c1ccccc1I. The Bertz CT molecular complexity index is 439. The summed E-state index contributed by atoms with van der Waals surface area (Å²) in [6.07, 6.45) is 0. The van der Waals surface area contributed by atoms with E-state index < -0.39 is 0 Å². The van der Waals surface area contributed by atoms with E-state index in [0.29, 0.717) is 18.7 Å². The number of nitriles is 1. The lowest BCUT2D eigenvalue weighted by molar-refractivity contribution is 0.0751. The zero-order valence-electron chi connectivity index (χ0n) is 9.98. The van der Waals surface area contributed by atoms with Gasteiger partial charge < -0.3 is 4.90 Å². The molecule has 0 radical (unpaired) electrons. The molecular formula is C13H15IN2O. The van der Waals surface area contributed by atoms with Crippen LogP contribution in [-0.4, -0.2) is 23.9 Å². The molecule has 1 rings (SSSR count). The third kappa shape index (κ3) is 3.70. The molecule has 0 aliphatic rings. The number of nitrogens with zero attached hydrogens (tertiary/aromatic N) is 2. The van der Waals surface area contributed by atoms with E-state index in [-0.39, 0.29) is 11.8 Å². The fourth-order valence-electron chi connectivity index (χ4n) is 1.53. The normalized spacial score (nSPS) is 11.6. The second-order valence-electron chi connectivity index (χ2n) is 3.85. The van der Waals surface area contributed by atoms with Crippen LogP contribution >= 0.6 is 22.6 Å². The summed E-state index contributed by atoms with van der Waals surface area (Å²) in [5, 5.41) is 8.80. The van der Waals surface area contributed by atoms with Crippen LogP contribution < -0.4 is 0 Å². The minimum absolute atomic E-state index is 0.000370. The van der Waals surface area contributed by atoms with Crippen molar-refractivity contribution in [1.29, 1.82) is 5.26 Å². The summed E-state index contributed by atoms with van der Waals surface area (Å²) in [7, 11) is 0. The summed E-state index contributed by atoms with van der Waals surface area (Å²) >= 11 is 2.16. The Morgan fingerprint density at radius 3 is 2.71 bits per heavy atom. The first kappa shape index (κ1) is 14.0. The van der Waals surface area contributed by atoms with E-state index >= 15 is 0 Å². The van der Waals surface area contributed by atoms with E-state index in [0.717, 1.165) is 3.57 Å². The van der Waals surface area contributed by atoms with E-state index in [1.807, 2.05) is 38.1 Å². The molecule has 0 saturated carbocycles. The van der Waals surface area contributed by atoms with Gasteiger partial charge in [-0.05, 0) is 48.6 Å². The lowest BCUT2D eigenvalue weighted by Crippen LogP contribution is -2.34. The van der Waals surface area contributed by atoms with Crippen LogP contribution in [0, 0.1) is 20.8 Å². The fourth-order valence-corrected chi connectivity index (χ4v) is 2.15. The molecule has 1 unspecified atom stereocenters. The van der Waals surface area contributed by atoms with Crippen LogP contribution in [0.15, 0.2) is 24.3 Å². The van der Waals surface area contributed by atoms with Gasteiger partial charge in [0.2, 0.25) is 0 Å². The molecule has 90 valence electrons. The van der Waals surface area contributed by atoms with Gasteiger partial charge in [0.25, 0.3) is 5.91 Å². The number of hydrogen-bond donors (Lipinski definition) is 0. The molecule has 0 fully saturated rings. The average molecular weight is 342 g/mol. The molecule has 0 aliphatic carbocycles. The Kier molecular flexibility index (Phi) is 5.42. The second-order valence-corrected chi connectivity index (χ2v) is 5.02. The van der Waals surface area contributed by atoms with Crippen LogP contribution in [0.2, 0.25) is 0 Å². The first-order valence-corrected chi connectivity index (χ1v) is 6.61. The standard InChI is InChI=1S/C13H15IN2O/c1-3-16(9-10(2)8-15)13(17)11-6-4-5-7-12(11)14/h4-7,10H,3,9H2,1-2H3. The molecular weight excluding hydrogens is 327 g/mol. The van der Waals surface area contributed by atoms with Crippen molar-refractivity contribution in [2.24, 2.45) is 5.92 Å². The lowest BCUT2D eigenvalue weighted by Gasteiger charge is -2.22. The molecule has 0 bridgehead atoms. The van der Waals surface area contributed by atoms with Crippen molar-refractivity contribution in [1.82, 2.24) is 4.90 Å². The Labute approximate surface area is 116 Å². The molecule has 1 atom stereocenters. The van der Waals surface area contributed by atoms with Crippen LogP contribution in [-0.2, 0) is 0 Å². The number of hydrogen-bond acceptors (Lipinski definition) is 2. The highest BCUT2D eigenvalue weighted by molar-refractivity contribution is 14.1. The van der Waals surface area contributed by atoms with Crippen molar-refractivity contribution < 1.29 is 4.79 Å². The Balaban J connectivity index is 2.88. The van der Waals surface area contributed by atoms with E-state index in [2.05, 4.69) is 28.7 Å². The van der Waals surface area contributed by atoms with Crippen LogP contribution in [0.4, 0.5) is 0 Å². The number of carbonyl (C=O) groups is 1. The zero-order valence-corrected chi connectivity index (χ0v) is 12.1. The van der Waals surface area contributed by atoms with E-state index in [1.54, 1.807) is 4.90 Å². The molecule has 0 spiro atoms. The summed E-state index contributed by atoms with van der Waals surface area (Å²) in [6, 6.07) is 9.66. The highest BCUT2D eigenvalue weighted by Gasteiger charge is 2.18. The topological polar surface area (TPSA) is 44.1 Å². The van der Waals surface area contributed by atoms with Gasteiger partial charge in [-0.1, -0.05) is 12.1 Å². The maximum Gasteiger partial charge on any atom is 0.254 e. The minimum Gasteiger partial charge on any atom is -0.338 e. The van der Waals surface area contributed by atoms with Crippen molar-refractivity contribution in [3.05, 3.63) is 33.4 Å². The second kappa shape index (κ2) is 6.60. The number of benzene rings is 1. The maximum atomic E-state index is 12.3. The van der Waals surface area contributed by atoms with Crippen LogP contribution in [0.3, 0.4) is 0 Å². The molecule has 0 N–H and O–H groups in total. The largest absolute Gasteiger partial charge is 0.338 e. The monoisotopic (exact) mass is 342 g/mol. The first-order chi connectivity index (χ1) is 8.10. The van der Waals surface area contributed by atoms with Crippen molar-refractivity contribution in [2.45, 2.75) is 13.8 Å². The highest BCUT2D eigenvalue weighted by Crippen LogP contribution is 2.14. The number of amides is 1. The van der Waals surface area contributed by atoms with Gasteiger partial charge >= 0.3 is 0 Å². The third-order valence-electron chi connectivity index (χ3n) is 2.49. The first-order valence-electron chi connectivity index (χ1n) is 5.53. The Morgan fingerprint density at radius 1 is 1.53 bits per heavy atom. The molecule has 0 heterocycles. The van der Waals surface area contributed by atoms with Gasteiger partial charge in [0.15, 0.2) is 0 Å². The summed E-state index contributed by atoms with van der Waals surface area (Å²) in [6.45, 7) is 4.86. The smallest absolute Gasteiger partial charge is 0.254 e. The predicted molar refractivity (Wildman–Crippen MR) is 75.5 cm³/mol. The highest BCUT2D eigenvalue weighted by atomic mass is 127. The van der Waals surface area contributed by atoms with Gasteiger partial charge in [-0.15, -0.1) is 0 Å². The maximum absolute atomic E-state index is 12.3. The van der Waals surface area contributed by atoms with Gasteiger partial charge in [-0.2, -0.15) is 5.26 Å². The van der Waals surface area contributed by atoms with Gasteiger partial charge in [0.05, 0.1) is 17.6 Å². The van der Waals surface area contributed by atoms with Crippen molar-refractivity contribution in [3.63, 3.8) is 0 Å². The zero-order chi connectivity index (χ0) is 12.8. The number of rotatable bonds is 4. The van der Waals surface area contributed by atoms with Crippen molar-refractivity contribution >= 4 is 28.5 Å². The molecule has 4 heteroatoms. The average Bonchev–Trinajstić information content (AvgIpc) is 2.35. The van der Waals surface area contributed by atoms with Crippen LogP contribution in [0.5, 0.6) is 0 Å². The van der Waals surface area contributed by atoms with E-state index in [1.165, 1.54) is 0 Å². The summed E-state index contributed by atoms with van der Waals surface area (Å²) in [5.41, 5.74) is 0.708. The van der Waals surface area contributed by atoms with Crippen LogP contribution in [0.25, 0.3) is 0 Å². The van der Waals surface area contributed by atoms with E-state index in [9.17, 15) is 4.79 Å². The molecule has 17 heavy (non-hydrogen) atoms. The summed E-state index contributed by atoms with van der Waals surface area (Å²) in [5.74, 6) is -0.139. The molecule has 3 nitrogen and oxygen atoms in total. The molecule has 1 aromatic rings.